The van der Waals surface area contributed by atoms with Crippen molar-refractivity contribution in [1.82, 2.24) is 14.7 Å². The highest BCUT2D eigenvalue weighted by atomic mass is 35.5. The Kier molecular flexibility index (Phi) is 9.34. The average Bonchev–Trinajstić information content (AvgIpc) is 3.12. The number of aliphatic imine (C=N–C) groups is 1. The minimum Gasteiger partial charge on any atom is -0.492 e. The van der Waals surface area contributed by atoms with Crippen LogP contribution in [0.15, 0.2) is 35.9 Å². The van der Waals surface area contributed by atoms with Crippen molar-refractivity contribution in [2.45, 2.75) is 33.7 Å². The first-order chi connectivity index (χ1) is 16.8. The number of rotatable bonds is 9. The van der Waals surface area contributed by atoms with E-state index in [1.165, 1.54) is 6.07 Å². The zero-order chi connectivity index (χ0) is 25.5. The Morgan fingerprint density at radius 3 is 2.63 bits per heavy atom. The van der Waals surface area contributed by atoms with Gasteiger partial charge in [0.1, 0.15) is 23.8 Å². The van der Waals surface area contributed by atoms with Crippen LogP contribution in [0, 0.1) is 12.7 Å². The van der Waals surface area contributed by atoms with E-state index < -0.39 is 5.82 Å². The molecule has 0 bridgehead atoms. The molecule has 10 heteroatoms. The molecule has 1 fully saturated rings. The Balaban J connectivity index is 1.69. The number of aromatic nitrogens is 2. The van der Waals surface area contributed by atoms with E-state index in [-0.39, 0.29) is 17.5 Å². The van der Waals surface area contributed by atoms with Gasteiger partial charge < -0.3 is 14.5 Å². The van der Waals surface area contributed by atoms with Crippen molar-refractivity contribution in [3.05, 3.63) is 58.1 Å². The summed E-state index contributed by atoms with van der Waals surface area (Å²) < 4.78 is 21.7. The van der Waals surface area contributed by atoms with Gasteiger partial charge in [0.25, 0.3) is 0 Å². The number of nitrogens with zero attached hydrogens (tertiary/aromatic N) is 5. The Bertz CT molecular complexity index is 1140. The second-order valence-electron chi connectivity index (χ2n) is 7.94. The highest BCUT2D eigenvalue weighted by molar-refractivity contribution is 6.33. The van der Waals surface area contributed by atoms with Gasteiger partial charge in [-0.1, -0.05) is 35.4 Å². The molecule has 188 valence electrons. The highest BCUT2D eigenvalue weighted by Gasteiger charge is 2.25. The number of ether oxygens (including phenoxy) is 1. The van der Waals surface area contributed by atoms with Crippen molar-refractivity contribution in [2.75, 3.05) is 37.7 Å². The Hall–Kier alpha value is -2.84. The second kappa shape index (κ2) is 12.2. The number of carbonyl (C=O) groups excluding carboxylic acids is 1. The van der Waals surface area contributed by atoms with Crippen LogP contribution in [-0.4, -0.2) is 59.6 Å². The average molecular weight is 522 g/mol. The molecule has 0 radical (unpaired) electrons. The second-order valence-corrected chi connectivity index (χ2v) is 8.73. The molecule has 1 aromatic carbocycles. The summed E-state index contributed by atoms with van der Waals surface area (Å²) in [6.45, 7) is 11.6. The lowest BCUT2D eigenvalue weighted by atomic mass is 10.2. The lowest BCUT2D eigenvalue weighted by Crippen LogP contribution is -2.50. The lowest BCUT2D eigenvalue weighted by Gasteiger charge is -2.36. The van der Waals surface area contributed by atoms with E-state index in [1.807, 2.05) is 31.7 Å². The van der Waals surface area contributed by atoms with Crippen LogP contribution in [0.3, 0.4) is 0 Å². The summed E-state index contributed by atoms with van der Waals surface area (Å²) in [6.07, 6.45) is 5.95. The summed E-state index contributed by atoms with van der Waals surface area (Å²) in [6, 6.07) is 2.88. The van der Waals surface area contributed by atoms with Crippen LogP contribution in [0.5, 0.6) is 5.75 Å². The van der Waals surface area contributed by atoms with E-state index in [1.54, 1.807) is 27.9 Å². The molecule has 0 saturated carbocycles. The quantitative estimate of drug-likeness (QED) is 0.327. The Morgan fingerprint density at radius 2 is 2.00 bits per heavy atom. The SMILES string of the molecule is C=CC/C=C(\N=CC)c1nn(CC(=O)N2CCN(c3cc(OCC)c(Cl)cc3F)CC2)c(C)c1Cl. The van der Waals surface area contributed by atoms with Gasteiger partial charge in [-0.15, -0.1) is 6.58 Å². The first kappa shape index (κ1) is 26.8. The number of hydrogen-bond donors (Lipinski definition) is 0. The molecule has 3 rings (SSSR count). The predicted octanol–water partition coefficient (Wildman–Crippen LogP) is 5.39. The van der Waals surface area contributed by atoms with Crippen LogP contribution >= 0.6 is 23.2 Å². The van der Waals surface area contributed by atoms with Crippen LogP contribution < -0.4 is 9.64 Å². The molecule has 0 spiro atoms. The van der Waals surface area contributed by atoms with Crippen molar-refractivity contribution in [3.8, 4) is 5.75 Å². The first-order valence-electron chi connectivity index (χ1n) is 11.5. The topological polar surface area (TPSA) is 63.0 Å². The van der Waals surface area contributed by atoms with Gasteiger partial charge in [-0.3, -0.25) is 14.5 Å². The van der Waals surface area contributed by atoms with Crippen molar-refractivity contribution < 1.29 is 13.9 Å². The number of benzene rings is 1. The fourth-order valence-electron chi connectivity index (χ4n) is 3.84. The van der Waals surface area contributed by atoms with Crippen molar-refractivity contribution >= 4 is 46.7 Å². The van der Waals surface area contributed by atoms with Gasteiger partial charge in [0.15, 0.2) is 0 Å². The predicted molar refractivity (Wildman–Crippen MR) is 140 cm³/mol. The Morgan fingerprint density at radius 1 is 1.29 bits per heavy atom. The van der Waals surface area contributed by atoms with E-state index in [4.69, 9.17) is 27.9 Å². The number of amides is 1. The molecular weight excluding hydrogens is 492 g/mol. The van der Waals surface area contributed by atoms with E-state index in [0.717, 1.165) is 0 Å². The van der Waals surface area contributed by atoms with Crippen LogP contribution in [0.25, 0.3) is 5.70 Å². The largest absolute Gasteiger partial charge is 0.492 e. The van der Waals surface area contributed by atoms with E-state index in [0.29, 0.717) is 72.8 Å². The summed E-state index contributed by atoms with van der Waals surface area (Å²) >= 11 is 12.6. The fraction of sp³-hybridized carbons (Fsp3) is 0.400. The van der Waals surface area contributed by atoms with Gasteiger partial charge in [-0.25, -0.2) is 4.39 Å². The molecule has 1 aliphatic heterocycles. The summed E-state index contributed by atoms with van der Waals surface area (Å²) in [7, 11) is 0. The maximum atomic E-state index is 14.6. The number of hydrogen-bond acceptors (Lipinski definition) is 5. The third-order valence-corrected chi connectivity index (χ3v) is 6.43. The Labute approximate surface area is 215 Å². The van der Waals surface area contributed by atoms with Gasteiger partial charge in [0.05, 0.1) is 33.7 Å². The third kappa shape index (κ3) is 6.24. The summed E-state index contributed by atoms with van der Waals surface area (Å²) in [5.74, 6) is -0.0527. The van der Waals surface area contributed by atoms with E-state index >= 15 is 0 Å². The molecule has 1 aliphatic rings. The zero-order valence-electron chi connectivity index (χ0n) is 20.2. The van der Waals surface area contributed by atoms with Crippen LogP contribution in [0.1, 0.15) is 31.7 Å². The highest BCUT2D eigenvalue weighted by Crippen LogP contribution is 2.33. The van der Waals surface area contributed by atoms with Gasteiger partial charge in [-0.05, 0) is 33.3 Å². The van der Waals surface area contributed by atoms with Gasteiger partial charge in [0, 0.05) is 38.5 Å². The molecule has 0 N–H and O–H groups in total. The molecule has 1 aromatic heterocycles. The van der Waals surface area contributed by atoms with Crippen LogP contribution in [0.4, 0.5) is 10.1 Å². The molecule has 0 aliphatic carbocycles. The monoisotopic (exact) mass is 521 g/mol. The fourth-order valence-corrected chi connectivity index (χ4v) is 4.28. The maximum absolute atomic E-state index is 14.6. The normalized spacial score (nSPS) is 14.6. The van der Waals surface area contributed by atoms with Crippen molar-refractivity contribution in [2.24, 2.45) is 4.99 Å². The van der Waals surface area contributed by atoms with Crippen LogP contribution in [-0.2, 0) is 11.3 Å². The number of allylic oxidation sites excluding steroid dienone is 2. The summed E-state index contributed by atoms with van der Waals surface area (Å²) in [5, 5.41) is 5.26. The van der Waals surface area contributed by atoms with Gasteiger partial charge in [-0.2, -0.15) is 5.10 Å². The smallest absolute Gasteiger partial charge is 0.244 e. The number of carbonyl (C=O) groups is 1. The standard InChI is InChI=1S/C25H30Cl2FN5O2/c1-5-8-9-20(29-6-2)25-24(27)17(4)33(30-25)16-23(34)32-12-10-31(11-13-32)21-15-22(35-7-3)18(26)14-19(21)28/h5-6,9,14-15H,1,7-8,10-13,16H2,2-4H3/b20-9-,29-6?. The molecule has 35 heavy (non-hydrogen) atoms. The molecule has 2 aromatic rings. The zero-order valence-corrected chi connectivity index (χ0v) is 21.7. The minimum atomic E-state index is -0.414. The molecule has 2 heterocycles. The van der Waals surface area contributed by atoms with Gasteiger partial charge in [0.2, 0.25) is 5.91 Å². The van der Waals surface area contributed by atoms with E-state index in [2.05, 4.69) is 16.7 Å². The third-order valence-electron chi connectivity index (χ3n) is 5.68. The molecule has 7 nitrogen and oxygen atoms in total. The summed E-state index contributed by atoms with van der Waals surface area (Å²) in [4.78, 5) is 21.0. The molecule has 1 amide bonds. The molecule has 0 atom stereocenters. The molecule has 1 saturated heterocycles. The maximum Gasteiger partial charge on any atom is 0.244 e. The van der Waals surface area contributed by atoms with Crippen molar-refractivity contribution in [1.29, 1.82) is 0 Å². The number of halogens is 3. The minimum absolute atomic E-state index is 0.0555. The first-order valence-corrected chi connectivity index (χ1v) is 12.2. The lowest BCUT2D eigenvalue weighted by molar-refractivity contribution is -0.132. The van der Waals surface area contributed by atoms with Crippen LogP contribution in [0.2, 0.25) is 10.0 Å². The van der Waals surface area contributed by atoms with Gasteiger partial charge >= 0.3 is 0 Å². The molecular formula is C25H30Cl2FN5O2. The van der Waals surface area contributed by atoms with Crippen molar-refractivity contribution in [3.63, 3.8) is 0 Å². The van der Waals surface area contributed by atoms with E-state index in [9.17, 15) is 9.18 Å². The number of piperazine rings is 1. The summed E-state index contributed by atoms with van der Waals surface area (Å²) in [5.41, 5.74) is 2.28. The molecule has 0 unspecified atom stereocenters. The number of anilines is 1.